The van der Waals surface area contributed by atoms with Crippen molar-refractivity contribution in [2.75, 3.05) is 26.2 Å². The van der Waals surface area contributed by atoms with E-state index in [4.69, 9.17) is 5.73 Å². The Morgan fingerprint density at radius 3 is 2.95 bits per heavy atom. The summed E-state index contributed by atoms with van der Waals surface area (Å²) in [5, 5.41) is 2.85. The van der Waals surface area contributed by atoms with E-state index < -0.39 is 0 Å². The van der Waals surface area contributed by atoms with Crippen LogP contribution in [0.25, 0.3) is 0 Å². The number of carbonyl (C=O) groups excluding carboxylic acids is 1. The van der Waals surface area contributed by atoms with Crippen molar-refractivity contribution >= 4 is 6.03 Å². The highest BCUT2D eigenvalue weighted by Crippen LogP contribution is 2.19. The highest BCUT2D eigenvalue weighted by molar-refractivity contribution is 5.77. The van der Waals surface area contributed by atoms with Gasteiger partial charge in [-0.25, -0.2) is 9.18 Å². The molecule has 6 heteroatoms. The maximum Gasteiger partial charge on any atom is 0.317 e. The molecule has 0 aromatic heterocycles. The monoisotopic (exact) mass is 278 g/mol. The molecule has 3 N–H and O–H groups in total. The maximum atomic E-state index is 14.2. The number of nitrogens with two attached hydrogens (primary N) is 1. The second kappa shape index (κ2) is 5.38. The van der Waals surface area contributed by atoms with E-state index in [0.717, 1.165) is 13.1 Å². The number of carbonyl (C=O) groups is 1. The first-order valence-electron chi connectivity index (χ1n) is 6.92. The summed E-state index contributed by atoms with van der Waals surface area (Å²) in [6.45, 7) is 3.73. The van der Waals surface area contributed by atoms with Crippen LogP contribution in [0.2, 0.25) is 0 Å². The van der Waals surface area contributed by atoms with Gasteiger partial charge in [-0.15, -0.1) is 0 Å². The third kappa shape index (κ3) is 2.36. The second-order valence-electron chi connectivity index (χ2n) is 5.36. The minimum Gasteiger partial charge on any atom is -0.336 e. The summed E-state index contributed by atoms with van der Waals surface area (Å²) in [6, 6.07) is 5.59. The topological polar surface area (TPSA) is 61.6 Å². The largest absolute Gasteiger partial charge is 0.336 e. The molecule has 2 aliphatic rings. The van der Waals surface area contributed by atoms with E-state index in [-0.39, 0.29) is 24.4 Å². The lowest BCUT2D eigenvalue weighted by molar-refractivity contribution is 0.116. The van der Waals surface area contributed by atoms with Gasteiger partial charge >= 0.3 is 6.03 Å². The predicted octanol–water partition coefficient (Wildman–Crippen LogP) is 0.494. The van der Waals surface area contributed by atoms with E-state index in [1.54, 1.807) is 12.1 Å². The smallest absolute Gasteiger partial charge is 0.317 e. The number of hydrogen-bond acceptors (Lipinski definition) is 3. The van der Waals surface area contributed by atoms with Gasteiger partial charge in [-0.3, -0.25) is 4.90 Å². The average molecular weight is 278 g/mol. The number of amides is 2. The number of halogens is 1. The van der Waals surface area contributed by atoms with E-state index in [1.807, 2.05) is 11.0 Å². The lowest BCUT2D eigenvalue weighted by atomic mass is 10.1. The fourth-order valence-corrected chi connectivity index (χ4v) is 2.97. The molecule has 1 atom stereocenters. The molecule has 2 fully saturated rings. The van der Waals surface area contributed by atoms with Gasteiger partial charge in [0.15, 0.2) is 0 Å². The summed E-state index contributed by atoms with van der Waals surface area (Å²) in [6.07, 6.45) is 0. The van der Waals surface area contributed by atoms with Gasteiger partial charge in [-0.2, -0.15) is 0 Å². The number of urea groups is 1. The molecule has 5 nitrogen and oxygen atoms in total. The maximum absolute atomic E-state index is 14.2. The van der Waals surface area contributed by atoms with Gasteiger partial charge in [-0.1, -0.05) is 18.2 Å². The van der Waals surface area contributed by atoms with Gasteiger partial charge in [0.25, 0.3) is 0 Å². The van der Waals surface area contributed by atoms with Crippen molar-refractivity contribution in [3.63, 3.8) is 0 Å². The molecule has 3 rings (SSSR count). The van der Waals surface area contributed by atoms with Crippen LogP contribution in [0.4, 0.5) is 9.18 Å². The normalized spacial score (nSPS) is 22.8. The van der Waals surface area contributed by atoms with Crippen molar-refractivity contribution in [2.24, 2.45) is 5.73 Å². The Bertz CT molecular complexity index is 522. The molecule has 2 amide bonds. The van der Waals surface area contributed by atoms with Crippen molar-refractivity contribution in [1.29, 1.82) is 0 Å². The number of rotatable bonds is 3. The van der Waals surface area contributed by atoms with Crippen molar-refractivity contribution in [1.82, 2.24) is 15.1 Å². The molecule has 2 heterocycles. The van der Waals surface area contributed by atoms with Crippen LogP contribution < -0.4 is 11.1 Å². The number of nitrogens with zero attached hydrogens (tertiary/aromatic N) is 2. The van der Waals surface area contributed by atoms with Crippen LogP contribution in [0, 0.1) is 5.82 Å². The Kier molecular flexibility index (Phi) is 3.58. The number of nitrogens with one attached hydrogen (secondary N) is 1. The van der Waals surface area contributed by atoms with Crippen molar-refractivity contribution < 1.29 is 9.18 Å². The molecule has 108 valence electrons. The van der Waals surface area contributed by atoms with Crippen LogP contribution in [0.5, 0.6) is 0 Å². The third-order valence-electron chi connectivity index (χ3n) is 4.09. The summed E-state index contributed by atoms with van der Waals surface area (Å²) in [5.74, 6) is -0.196. The first kappa shape index (κ1) is 13.3. The van der Waals surface area contributed by atoms with Crippen LogP contribution in [0.3, 0.4) is 0 Å². The summed E-state index contributed by atoms with van der Waals surface area (Å²) in [4.78, 5) is 15.6. The van der Waals surface area contributed by atoms with Gasteiger partial charge in [0.1, 0.15) is 5.82 Å². The van der Waals surface area contributed by atoms with E-state index in [0.29, 0.717) is 30.8 Å². The lowest BCUT2D eigenvalue weighted by Crippen LogP contribution is -2.51. The summed E-state index contributed by atoms with van der Waals surface area (Å²) >= 11 is 0. The highest BCUT2D eigenvalue weighted by atomic mass is 19.1. The van der Waals surface area contributed by atoms with Crippen LogP contribution in [0.1, 0.15) is 11.1 Å². The lowest BCUT2D eigenvalue weighted by Gasteiger charge is -2.36. The Morgan fingerprint density at radius 2 is 2.15 bits per heavy atom. The van der Waals surface area contributed by atoms with Gasteiger partial charge in [0.2, 0.25) is 0 Å². The number of piperazine rings is 1. The number of hydrogen-bond donors (Lipinski definition) is 2. The standard InChI is InChI=1S/C14H19FN4O/c15-13-10(6-16)2-1-3-11(13)8-18-4-5-19-12(9-18)7-17-14(19)20/h1-3,12H,4-9,16H2,(H,17,20). The summed E-state index contributed by atoms with van der Waals surface area (Å²) in [7, 11) is 0. The fourth-order valence-electron chi connectivity index (χ4n) is 2.97. The third-order valence-corrected chi connectivity index (χ3v) is 4.09. The minimum atomic E-state index is -0.196. The molecule has 1 aromatic carbocycles. The molecule has 2 saturated heterocycles. The SMILES string of the molecule is NCc1cccc(CN2CCN3C(=O)NCC3C2)c1F. The molecule has 20 heavy (non-hydrogen) atoms. The first-order valence-corrected chi connectivity index (χ1v) is 6.92. The Balaban J connectivity index is 1.69. The quantitative estimate of drug-likeness (QED) is 0.846. The molecule has 0 aliphatic carbocycles. The highest BCUT2D eigenvalue weighted by Gasteiger charge is 2.35. The molecule has 0 bridgehead atoms. The molecule has 2 aliphatic heterocycles. The number of fused-ring (bicyclic) bond motifs is 1. The molecule has 1 unspecified atom stereocenters. The van der Waals surface area contributed by atoms with Crippen molar-refractivity contribution in [3.8, 4) is 0 Å². The zero-order chi connectivity index (χ0) is 14.1. The first-order chi connectivity index (χ1) is 9.69. The second-order valence-corrected chi connectivity index (χ2v) is 5.36. The van der Waals surface area contributed by atoms with E-state index in [1.165, 1.54) is 0 Å². The zero-order valence-corrected chi connectivity index (χ0v) is 11.3. The molecule has 1 aromatic rings. The van der Waals surface area contributed by atoms with Gasteiger partial charge in [0.05, 0.1) is 6.04 Å². The fraction of sp³-hybridized carbons (Fsp3) is 0.500. The van der Waals surface area contributed by atoms with Crippen LogP contribution in [-0.4, -0.2) is 48.1 Å². The predicted molar refractivity (Wildman–Crippen MR) is 73.5 cm³/mol. The van der Waals surface area contributed by atoms with E-state index in [9.17, 15) is 9.18 Å². The van der Waals surface area contributed by atoms with Gasteiger partial charge in [-0.05, 0) is 0 Å². The molecular formula is C14H19FN4O. The summed E-state index contributed by atoms with van der Waals surface area (Å²) < 4.78 is 14.2. The van der Waals surface area contributed by atoms with Crippen molar-refractivity contribution in [2.45, 2.75) is 19.1 Å². The van der Waals surface area contributed by atoms with E-state index in [2.05, 4.69) is 10.2 Å². The number of benzene rings is 1. The van der Waals surface area contributed by atoms with Crippen LogP contribution in [-0.2, 0) is 13.1 Å². The van der Waals surface area contributed by atoms with Crippen LogP contribution in [0.15, 0.2) is 18.2 Å². The molecule has 0 spiro atoms. The van der Waals surface area contributed by atoms with E-state index >= 15 is 0 Å². The molecule has 0 saturated carbocycles. The zero-order valence-electron chi connectivity index (χ0n) is 11.3. The van der Waals surface area contributed by atoms with Crippen molar-refractivity contribution in [3.05, 3.63) is 35.1 Å². The Hall–Kier alpha value is -1.66. The average Bonchev–Trinajstić information content (AvgIpc) is 2.82. The Morgan fingerprint density at radius 1 is 1.35 bits per heavy atom. The minimum absolute atomic E-state index is 0.0194. The molecular weight excluding hydrogens is 259 g/mol. The van der Waals surface area contributed by atoms with Gasteiger partial charge < -0.3 is 16.0 Å². The van der Waals surface area contributed by atoms with Gasteiger partial charge in [0, 0.05) is 50.4 Å². The molecule has 0 radical (unpaired) electrons. The van der Waals surface area contributed by atoms with Crippen LogP contribution >= 0.6 is 0 Å². The Labute approximate surface area is 117 Å². The summed E-state index contributed by atoms with van der Waals surface area (Å²) in [5.41, 5.74) is 6.77.